The fourth-order valence-corrected chi connectivity index (χ4v) is 4.76. The number of carbonyl (C=O) groups is 3. The summed E-state index contributed by atoms with van der Waals surface area (Å²) in [5.41, 5.74) is 1.45. The molecule has 3 aromatic rings. The summed E-state index contributed by atoms with van der Waals surface area (Å²) < 4.78 is 42.7. The van der Waals surface area contributed by atoms with E-state index in [2.05, 4.69) is 15.7 Å². The van der Waals surface area contributed by atoms with Gasteiger partial charge >= 0.3 is 12.1 Å². The molecule has 9 nitrogen and oxygen atoms in total. The molecule has 0 saturated carbocycles. The van der Waals surface area contributed by atoms with Gasteiger partial charge in [0.25, 0.3) is 0 Å². The van der Waals surface area contributed by atoms with E-state index in [1.165, 1.54) is 6.07 Å². The maximum Gasteiger partial charge on any atom is 0.408 e. The zero-order valence-electron chi connectivity index (χ0n) is 25.4. The zero-order valence-corrected chi connectivity index (χ0v) is 25.4. The average molecular weight is 587 g/mol. The second-order valence-electron chi connectivity index (χ2n) is 11.8. The Bertz CT molecular complexity index is 1460. The lowest BCUT2D eigenvalue weighted by atomic mass is 9.92. The molecule has 2 atom stereocenters. The van der Waals surface area contributed by atoms with Gasteiger partial charge in [0.1, 0.15) is 11.6 Å². The number of fused-ring (bicyclic) bond motifs is 1. The summed E-state index contributed by atoms with van der Waals surface area (Å²) in [6, 6.07) is 3.83. The van der Waals surface area contributed by atoms with Gasteiger partial charge in [0.05, 0.1) is 24.6 Å². The normalized spacial score (nSPS) is 13.1. The quantitative estimate of drug-likeness (QED) is 0.287. The molecule has 228 valence electrons. The number of aryl methyl sites for hydroxylation is 2. The molecule has 1 heterocycles. The number of hydrogen-bond donors (Lipinski definition) is 2. The van der Waals surface area contributed by atoms with Crippen molar-refractivity contribution in [3.05, 3.63) is 53.2 Å². The van der Waals surface area contributed by atoms with Crippen molar-refractivity contribution in [3.63, 3.8) is 0 Å². The van der Waals surface area contributed by atoms with E-state index >= 15 is 8.78 Å². The number of nitrogens with one attached hydrogen (secondary N) is 2. The van der Waals surface area contributed by atoms with E-state index in [9.17, 15) is 14.4 Å². The number of halogens is 2. The molecule has 3 rings (SSSR count). The van der Waals surface area contributed by atoms with Gasteiger partial charge in [-0.05, 0) is 81.8 Å². The minimum atomic E-state index is -1.30. The Labute approximate surface area is 244 Å². The molecule has 0 aliphatic carbocycles. The highest BCUT2D eigenvalue weighted by molar-refractivity contribution is 5.96. The van der Waals surface area contributed by atoms with E-state index in [1.807, 2.05) is 32.9 Å². The van der Waals surface area contributed by atoms with Crippen LogP contribution in [0.2, 0.25) is 0 Å². The Morgan fingerprint density at radius 1 is 1.10 bits per heavy atom. The van der Waals surface area contributed by atoms with Crippen molar-refractivity contribution >= 4 is 28.9 Å². The molecule has 2 aromatic carbocycles. The van der Waals surface area contributed by atoms with E-state index in [0.29, 0.717) is 16.6 Å². The van der Waals surface area contributed by atoms with E-state index in [4.69, 9.17) is 9.47 Å². The summed E-state index contributed by atoms with van der Waals surface area (Å²) in [5.74, 6) is -3.75. The SMILES string of the molecule is CCOC(=O)C[C@H](NC(=O)[C@H](CC(C)C)NC(=O)OC(C)(C)C)c1cc(-c2c(C)ccc3nn(C)cc23)cc(F)c1F. The summed E-state index contributed by atoms with van der Waals surface area (Å²) in [7, 11) is 1.76. The van der Waals surface area contributed by atoms with Crippen molar-refractivity contribution in [2.24, 2.45) is 13.0 Å². The second-order valence-corrected chi connectivity index (χ2v) is 11.8. The van der Waals surface area contributed by atoms with Crippen molar-refractivity contribution < 1.29 is 32.6 Å². The number of ether oxygens (including phenoxy) is 2. The monoisotopic (exact) mass is 586 g/mol. The molecule has 0 unspecified atom stereocenters. The predicted molar refractivity (Wildman–Crippen MR) is 156 cm³/mol. The number of nitrogens with zero attached hydrogens (tertiary/aromatic N) is 2. The van der Waals surface area contributed by atoms with Gasteiger partial charge in [0.15, 0.2) is 11.6 Å². The van der Waals surface area contributed by atoms with E-state index < -0.39 is 53.7 Å². The van der Waals surface area contributed by atoms with Crippen LogP contribution in [-0.2, 0) is 26.1 Å². The molecule has 0 spiro atoms. The van der Waals surface area contributed by atoms with Crippen LogP contribution in [0.4, 0.5) is 13.6 Å². The van der Waals surface area contributed by atoms with Crippen LogP contribution in [0.3, 0.4) is 0 Å². The summed E-state index contributed by atoms with van der Waals surface area (Å²) >= 11 is 0. The minimum absolute atomic E-state index is 0.0142. The second kappa shape index (κ2) is 13.3. The van der Waals surface area contributed by atoms with Crippen LogP contribution in [0.5, 0.6) is 0 Å². The lowest BCUT2D eigenvalue weighted by molar-refractivity contribution is -0.144. The van der Waals surface area contributed by atoms with Crippen molar-refractivity contribution in [3.8, 4) is 11.1 Å². The molecule has 42 heavy (non-hydrogen) atoms. The third-order valence-electron chi connectivity index (χ3n) is 6.44. The van der Waals surface area contributed by atoms with E-state index in [-0.39, 0.29) is 24.5 Å². The molecular formula is C31H40F2N4O5. The average Bonchev–Trinajstić information content (AvgIpc) is 3.23. The Kier molecular flexibility index (Phi) is 10.3. The van der Waals surface area contributed by atoms with Gasteiger partial charge in [-0.2, -0.15) is 5.10 Å². The third-order valence-corrected chi connectivity index (χ3v) is 6.44. The Hall–Kier alpha value is -4.02. The van der Waals surface area contributed by atoms with Crippen LogP contribution >= 0.6 is 0 Å². The molecule has 0 fully saturated rings. The Morgan fingerprint density at radius 3 is 2.40 bits per heavy atom. The highest BCUT2D eigenvalue weighted by Crippen LogP contribution is 2.35. The lowest BCUT2D eigenvalue weighted by Crippen LogP contribution is -2.49. The molecule has 2 N–H and O–H groups in total. The lowest BCUT2D eigenvalue weighted by Gasteiger charge is -2.26. The minimum Gasteiger partial charge on any atom is -0.466 e. The van der Waals surface area contributed by atoms with E-state index in [0.717, 1.165) is 17.0 Å². The summed E-state index contributed by atoms with van der Waals surface area (Å²) in [5, 5.41) is 10.4. The van der Waals surface area contributed by atoms with Gasteiger partial charge in [0, 0.05) is 24.2 Å². The molecule has 11 heteroatoms. The number of benzene rings is 2. The molecule has 0 aliphatic heterocycles. The zero-order chi connectivity index (χ0) is 31.4. The van der Waals surface area contributed by atoms with Gasteiger partial charge in [-0.25, -0.2) is 13.6 Å². The number of carbonyl (C=O) groups excluding carboxylic acids is 3. The maximum atomic E-state index is 15.5. The molecule has 2 amide bonds. The number of amides is 2. The van der Waals surface area contributed by atoms with Crippen LogP contribution in [0.15, 0.2) is 30.5 Å². The first-order valence-electron chi connectivity index (χ1n) is 14.0. The predicted octanol–water partition coefficient (Wildman–Crippen LogP) is 5.88. The first-order chi connectivity index (χ1) is 19.6. The fourth-order valence-electron chi connectivity index (χ4n) is 4.76. The van der Waals surface area contributed by atoms with Gasteiger partial charge in [-0.3, -0.25) is 14.3 Å². The van der Waals surface area contributed by atoms with Crippen LogP contribution in [0.25, 0.3) is 22.0 Å². The molecule has 0 bridgehead atoms. The summed E-state index contributed by atoms with van der Waals surface area (Å²) in [6.07, 6.45) is 0.756. The number of rotatable bonds is 10. The van der Waals surface area contributed by atoms with Crippen LogP contribution < -0.4 is 10.6 Å². The topological polar surface area (TPSA) is 112 Å². The number of esters is 1. The van der Waals surface area contributed by atoms with Crippen molar-refractivity contribution in [1.29, 1.82) is 0 Å². The van der Waals surface area contributed by atoms with Gasteiger partial charge in [-0.15, -0.1) is 0 Å². The highest BCUT2D eigenvalue weighted by Gasteiger charge is 2.30. The van der Waals surface area contributed by atoms with Crippen molar-refractivity contribution in [1.82, 2.24) is 20.4 Å². The van der Waals surface area contributed by atoms with Gasteiger partial charge in [-0.1, -0.05) is 19.9 Å². The standard InChI is InChI=1S/C31H40F2N4O5/c1-9-41-26(38)15-24(34-29(39)25(12-17(2)3)35-30(40)42-31(5,6)7)20-13-19(14-22(32)28(20)33)27-18(4)10-11-23-21(27)16-37(8)36-23/h10-11,13-14,16-17,24-25H,9,12,15H2,1-8H3,(H,34,39)(H,35,40)/t24-,25-/m0/s1. The van der Waals surface area contributed by atoms with Crippen molar-refractivity contribution in [2.75, 3.05) is 6.61 Å². The van der Waals surface area contributed by atoms with Crippen molar-refractivity contribution in [2.45, 2.75) is 79.0 Å². The molecule has 0 aliphatic rings. The number of hydrogen-bond acceptors (Lipinski definition) is 6. The third kappa shape index (κ3) is 8.27. The van der Waals surface area contributed by atoms with Crippen LogP contribution in [0.1, 0.15) is 71.6 Å². The van der Waals surface area contributed by atoms with Gasteiger partial charge in [0.2, 0.25) is 5.91 Å². The summed E-state index contributed by atoms with van der Waals surface area (Å²) in [6.45, 7) is 12.3. The Balaban J connectivity index is 2.07. The molecule has 1 aromatic heterocycles. The maximum absolute atomic E-state index is 15.5. The largest absolute Gasteiger partial charge is 0.466 e. The molecular weight excluding hydrogens is 546 g/mol. The number of aromatic nitrogens is 2. The smallest absolute Gasteiger partial charge is 0.408 e. The molecule has 0 saturated heterocycles. The van der Waals surface area contributed by atoms with Gasteiger partial charge < -0.3 is 20.1 Å². The Morgan fingerprint density at radius 2 is 1.79 bits per heavy atom. The van der Waals surface area contributed by atoms with E-state index in [1.54, 1.807) is 45.6 Å². The van der Waals surface area contributed by atoms with Crippen LogP contribution in [-0.4, -0.2) is 46.0 Å². The first-order valence-corrected chi connectivity index (χ1v) is 14.0. The fraction of sp³-hybridized carbons (Fsp3) is 0.484. The first kappa shape index (κ1) is 32.5. The van der Waals surface area contributed by atoms with Crippen LogP contribution in [0, 0.1) is 24.5 Å². The highest BCUT2D eigenvalue weighted by atomic mass is 19.2. The number of alkyl carbamates (subject to hydrolysis) is 1. The summed E-state index contributed by atoms with van der Waals surface area (Å²) in [4.78, 5) is 38.6. The molecule has 0 radical (unpaired) electrons.